The van der Waals surface area contributed by atoms with Gasteiger partial charge in [-0.05, 0) is 42.3 Å². The molecule has 15 heavy (non-hydrogen) atoms. The Morgan fingerprint density at radius 1 is 1.27 bits per heavy atom. The van der Waals surface area contributed by atoms with Crippen molar-refractivity contribution < 1.29 is 0 Å². The van der Waals surface area contributed by atoms with Crippen LogP contribution < -0.4 is 5.73 Å². The van der Waals surface area contributed by atoms with Crippen LogP contribution in [0.5, 0.6) is 0 Å². The zero-order valence-electron chi connectivity index (χ0n) is 8.46. The predicted octanol–water partition coefficient (Wildman–Crippen LogP) is 3.94. The largest absolute Gasteiger partial charge is 0.326 e. The fraction of sp³-hybridized carbons (Fsp3) is 0.167. The van der Waals surface area contributed by atoms with Gasteiger partial charge in [-0.15, -0.1) is 11.3 Å². The lowest BCUT2D eigenvalue weighted by Crippen LogP contribution is -1.90. The minimum Gasteiger partial charge on any atom is -0.326 e. The third-order valence-electron chi connectivity index (χ3n) is 2.31. The normalized spacial score (nSPS) is 10.6. The zero-order chi connectivity index (χ0) is 10.8. The standard InChI is InChI=1S/C12H12BrNS/c1-8-6-9(2-4-11(8)13)12-5-3-10(7-14)15-12/h2-6H,7,14H2,1H3. The summed E-state index contributed by atoms with van der Waals surface area (Å²) < 4.78 is 1.15. The van der Waals surface area contributed by atoms with Crippen LogP contribution in [0.2, 0.25) is 0 Å². The van der Waals surface area contributed by atoms with E-state index in [1.54, 1.807) is 11.3 Å². The summed E-state index contributed by atoms with van der Waals surface area (Å²) in [5.41, 5.74) is 8.12. The topological polar surface area (TPSA) is 26.0 Å². The van der Waals surface area contributed by atoms with Crippen molar-refractivity contribution in [3.63, 3.8) is 0 Å². The van der Waals surface area contributed by atoms with Gasteiger partial charge >= 0.3 is 0 Å². The summed E-state index contributed by atoms with van der Waals surface area (Å²) in [6.07, 6.45) is 0. The average molecular weight is 282 g/mol. The Kier molecular flexibility index (Phi) is 3.24. The van der Waals surface area contributed by atoms with Gasteiger partial charge in [-0.2, -0.15) is 0 Å². The number of nitrogens with two attached hydrogens (primary N) is 1. The maximum Gasteiger partial charge on any atom is 0.0346 e. The molecule has 78 valence electrons. The second-order valence-electron chi connectivity index (χ2n) is 3.43. The molecule has 0 spiro atoms. The minimum absolute atomic E-state index is 0.625. The molecule has 1 heterocycles. The molecule has 2 rings (SSSR count). The van der Waals surface area contributed by atoms with Gasteiger partial charge in [-0.25, -0.2) is 0 Å². The van der Waals surface area contributed by atoms with Gasteiger partial charge in [0.25, 0.3) is 0 Å². The lowest BCUT2D eigenvalue weighted by molar-refractivity contribution is 1.11. The maximum atomic E-state index is 5.60. The molecule has 2 N–H and O–H groups in total. The molecule has 1 aromatic heterocycles. The van der Waals surface area contributed by atoms with Crippen molar-refractivity contribution in [1.29, 1.82) is 0 Å². The molecule has 0 aliphatic rings. The van der Waals surface area contributed by atoms with Crippen molar-refractivity contribution >= 4 is 27.3 Å². The molecule has 0 bridgehead atoms. The van der Waals surface area contributed by atoms with Crippen LogP contribution in [0, 0.1) is 6.92 Å². The van der Waals surface area contributed by atoms with E-state index in [2.05, 4.69) is 53.2 Å². The molecule has 1 nitrogen and oxygen atoms in total. The molecule has 0 aliphatic carbocycles. The molecule has 0 aliphatic heterocycles. The van der Waals surface area contributed by atoms with E-state index in [-0.39, 0.29) is 0 Å². The summed E-state index contributed by atoms with van der Waals surface area (Å²) in [6, 6.07) is 10.6. The van der Waals surface area contributed by atoms with Gasteiger partial charge in [-0.1, -0.05) is 22.0 Å². The maximum absolute atomic E-state index is 5.60. The van der Waals surface area contributed by atoms with Crippen molar-refractivity contribution in [1.82, 2.24) is 0 Å². The molecule has 0 saturated heterocycles. The molecule has 1 aromatic carbocycles. The van der Waals surface area contributed by atoms with Crippen molar-refractivity contribution in [2.24, 2.45) is 5.73 Å². The zero-order valence-corrected chi connectivity index (χ0v) is 10.9. The first-order valence-electron chi connectivity index (χ1n) is 4.76. The van der Waals surface area contributed by atoms with Crippen LogP contribution in [0.15, 0.2) is 34.8 Å². The highest BCUT2D eigenvalue weighted by Gasteiger charge is 2.03. The van der Waals surface area contributed by atoms with Gasteiger partial charge in [-0.3, -0.25) is 0 Å². The van der Waals surface area contributed by atoms with E-state index >= 15 is 0 Å². The van der Waals surface area contributed by atoms with Crippen molar-refractivity contribution in [2.75, 3.05) is 0 Å². The van der Waals surface area contributed by atoms with E-state index < -0.39 is 0 Å². The van der Waals surface area contributed by atoms with E-state index in [9.17, 15) is 0 Å². The third kappa shape index (κ3) is 2.30. The van der Waals surface area contributed by atoms with Crippen LogP contribution in [0.4, 0.5) is 0 Å². The Balaban J connectivity index is 2.40. The molecular weight excluding hydrogens is 270 g/mol. The Labute approximate surface area is 102 Å². The molecule has 2 aromatic rings. The van der Waals surface area contributed by atoms with E-state index in [1.807, 2.05) is 0 Å². The molecule has 0 atom stereocenters. The molecule has 0 unspecified atom stereocenters. The minimum atomic E-state index is 0.625. The number of halogens is 1. The van der Waals surface area contributed by atoms with E-state index in [4.69, 9.17) is 5.73 Å². The van der Waals surface area contributed by atoms with E-state index in [0.29, 0.717) is 6.54 Å². The third-order valence-corrected chi connectivity index (χ3v) is 4.35. The average Bonchev–Trinajstić information content (AvgIpc) is 2.70. The summed E-state index contributed by atoms with van der Waals surface area (Å²) in [5.74, 6) is 0. The summed E-state index contributed by atoms with van der Waals surface area (Å²) in [5, 5.41) is 0. The Bertz CT molecular complexity index is 476. The first-order chi connectivity index (χ1) is 7.20. The van der Waals surface area contributed by atoms with Crippen molar-refractivity contribution in [3.05, 3.63) is 45.2 Å². The Morgan fingerprint density at radius 2 is 2.07 bits per heavy atom. The number of thiophene rings is 1. The summed E-state index contributed by atoms with van der Waals surface area (Å²) >= 11 is 5.26. The van der Waals surface area contributed by atoms with Gasteiger partial charge in [0.15, 0.2) is 0 Å². The Morgan fingerprint density at radius 3 is 2.67 bits per heavy atom. The fourth-order valence-electron chi connectivity index (χ4n) is 1.44. The van der Waals surface area contributed by atoms with Gasteiger partial charge in [0.2, 0.25) is 0 Å². The van der Waals surface area contributed by atoms with Gasteiger partial charge in [0, 0.05) is 20.8 Å². The number of aryl methyl sites for hydroxylation is 1. The summed E-state index contributed by atoms with van der Waals surface area (Å²) in [6.45, 7) is 2.73. The molecule has 0 amide bonds. The second kappa shape index (κ2) is 4.47. The van der Waals surface area contributed by atoms with Gasteiger partial charge < -0.3 is 5.73 Å². The molecule has 0 fully saturated rings. The summed E-state index contributed by atoms with van der Waals surface area (Å²) in [7, 11) is 0. The van der Waals surface area contributed by atoms with Gasteiger partial charge in [0.05, 0.1) is 0 Å². The molecule has 0 saturated carbocycles. The van der Waals surface area contributed by atoms with Crippen LogP contribution in [-0.4, -0.2) is 0 Å². The van der Waals surface area contributed by atoms with Crippen LogP contribution in [0.3, 0.4) is 0 Å². The molecule has 3 heteroatoms. The molecule has 0 radical (unpaired) electrons. The number of rotatable bonds is 2. The monoisotopic (exact) mass is 281 g/mol. The second-order valence-corrected chi connectivity index (χ2v) is 5.46. The SMILES string of the molecule is Cc1cc(-c2ccc(CN)s2)ccc1Br. The van der Waals surface area contributed by atoms with Crippen LogP contribution in [0.1, 0.15) is 10.4 Å². The highest BCUT2D eigenvalue weighted by Crippen LogP contribution is 2.30. The van der Waals surface area contributed by atoms with Gasteiger partial charge in [0.1, 0.15) is 0 Å². The van der Waals surface area contributed by atoms with Crippen molar-refractivity contribution in [3.8, 4) is 10.4 Å². The highest BCUT2D eigenvalue weighted by molar-refractivity contribution is 9.10. The van der Waals surface area contributed by atoms with E-state index in [1.165, 1.54) is 20.9 Å². The van der Waals surface area contributed by atoms with Crippen LogP contribution in [0.25, 0.3) is 10.4 Å². The number of benzene rings is 1. The lowest BCUT2D eigenvalue weighted by Gasteiger charge is -2.01. The van der Waals surface area contributed by atoms with Crippen LogP contribution >= 0.6 is 27.3 Å². The number of hydrogen-bond donors (Lipinski definition) is 1. The number of hydrogen-bond acceptors (Lipinski definition) is 2. The fourth-order valence-corrected chi connectivity index (χ4v) is 2.57. The lowest BCUT2D eigenvalue weighted by atomic mass is 10.1. The smallest absolute Gasteiger partial charge is 0.0346 e. The first kappa shape index (κ1) is 10.9. The Hall–Kier alpha value is -0.640. The van der Waals surface area contributed by atoms with E-state index in [0.717, 1.165) is 4.47 Å². The summed E-state index contributed by atoms with van der Waals surface area (Å²) in [4.78, 5) is 2.51. The van der Waals surface area contributed by atoms with Crippen LogP contribution in [-0.2, 0) is 6.54 Å². The highest BCUT2D eigenvalue weighted by atomic mass is 79.9. The van der Waals surface area contributed by atoms with Crippen molar-refractivity contribution in [2.45, 2.75) is 13.5 Å². The predicted molar refractivity (Wildman–Crippen MR) is 70.1 cm³/mol. The first-order valence-corrected chi connectivity index (χ1v) is 6.37. The molecular formula is C12H12BrNS. The quantitative estimate of drug-likeness (QED) is 0.887.